The summed E-state index contributed by atoms with van der Waals surface area (Å²) in [4.78, 5) is 21.8. The van der Waals surface area contributed by atoms with Crippen LogP contribution in [0.2, 0.25) is 0 Å². The van der Waals surface area contributed by atoms with E-state index in [2.05, 4.69) is 19.2 Å². The van der Waals surface area contributed by atoms with Gasteiger partial charge in [0, 0.05) is 0 Å². The van der Waals surface area contributed by atoms with Crippen molar-refractivity contribution in [3.8, 4) is 5.75 Å². The summed E-state index contributed by atoms with van der Waals surface area (Å²) in [6.45, 7) is 5.29. The van der Waals surface area contributed by atoms with E-state index in [4.69, 9.17) is 4.74 Å². The third kappa shape index (κ3) is 4.99. The summed E-state index contributed by atoms with van der Waals surface area (Å²) in [5, 5.41) is 12.7. The summed E-state index contributed by atoms with van der Waals surface area (Å²) < 4.78 is 5.26. The quantitative estimate of drug-likeness (QED) is 0.808. The Labute approximate surface area is 112 Å². The number of carboxylic acids is 1. The van der Waals surface area contributed by atoms with Crippen molar-refractivity contribution in [2.24, 2.45) is 0 Å². The lowest BCUT2D eigenvalue weighted by atomic mass is 10.0. The fraction of sp³-hybridized carbons (Fsp3) is 0.429. The Balaban J connectivity index is 2.44. The van der Waals surface area contributed by atoms with E-state index in [1.165, 1.54) is 12.5 Å². The molecule has 5 heteroatoms. The van der Waals surface area contributed by atoms with Crippen molar-refractivity contribution < 1.29 is 19.4 Å². The molecular formula is C14H18NO4-. The number of hydrogen-bond acceptors (Lipinski definition) is 4. The maximum absolute atomic E-state index is 11.4. The molecule has 1 aromatic carbocycles. The van der Waals surface area contributed by atoms with E-state index < -0.39 is 17.9 Å². The molecule has 1 amide bonds. The molecule has 0 unspecified atom stereocenters. The number of carbonyl (C=O) groups is 2. The van der Waals surface area contributed by atoms with E-state index in [0.717, 1.165) is 0 Å². The number of nitrogens with one attached hydrogen (secondary N) is 1. The van der Waals surface area contributed by atoms with E-state index in [1.807, 2.05) is 12.1 Å². The van der Waals surface area contributed by atoms with Gasteiger partial charge in [-0.3, -0.25) is 4.79 Å². The Morgan fingerprint density at radius 2 is 1.79 bits per heavy atom. The average Bonchev–Trinajstić information content (AvgIpc) is 2.36. The summed E-state index contributed by atoms with van der Waals surface area (Å²) in [5.41, 5.74) is 1.18. The van der Waals surface area contributed by atoms with Crippen LogP contribution in [0.1, 0.15) is 32.3 Å². The SMILES string of the molecule is CC(C)c1ccc(OCC(=O)N[C@H](C)C(=O)[O-])cc1. The molecule has 0 aliphatic heterocycles. The molecule has 1 rings (SSSR count). The van der Waals surface area contributed by atoms with Crippen molar-refractivity contribution in [1.82, 2.24) is 5.32 Å². The minimum Gasteiger partial charge on any atom is -0.548 e. The first-order valence-corrected chi connectivity index (χ1v) is 6.13. The maximum Gasteiger partial charge on any atom is 0.258 e. The zero-order chi connectivity index (χ0) is 14.4. The lowest BCUT2D eigenvalue weighted by Gasteiger charge is -2.15. The van der Waals surface area contributed by atoms with Gasteiger partial charge in [0.05, 0.1) is 12.0 Å². The van der Waals surface area contributed by atoms with E-state index in [1.54, 1.807) is 12.1 Å². The first kappa shape index (κ1) is 15.0. The van der Waals surface area contributed by atoms with Crippen molar-refractivity contribution in [2.45, 2.75) is 32.7 Å². The molecular weight excluding hydrogens is 246 g/mol. The molecule has 0 saturated heterocycles. The van der Waals surface area contributed by atoms with E-state index >= 15 is 0 Å². The summed E-state index contributed by atoms with van der Waals surface area (Å²) in [5.74, 6) is -0.818. The smallest absolute Gasteiger partial charge is 0.258 e. The molecule has 0 radical (unpaired) electrons. The van der Waals surface area contributed by atoms with Gasteiger partial charge in [-0.25, -0.2) is 0 Å². The Kier molecular flexibility index (Phi) is 5.36. The largest absolute Gasteiger partial charge is 0.548 e. The number of carboxylic acid groups (broad SMARTS) is 1. The van der Waals surface area contributed by atoms with Crippen molar-refractivity contribution in [3.05, 3.63) is 29.8 Å². The summed E-state index contributed by atoms with van der Waals surface area (Å²) >= 11 is 0. The Morgan fingerprint density at radius 1 is 1.21 bits per heavy atom. The highest BCUT2D eigenvalue weighted by atomic mass is 16.5. The molecule has 0 aliphatic rings. The molecule has 104 valence electrons. The third-order valence-corrected chi connectivity index (χ3v) is 2.65. The number of carbonyl (C=O) groups excluding carboxylic acids is 2. The van der Waals surface area contributed by atoms with Gasteiger partial charge in [0.25, 0.3) is 5.91 Å². The Morgan fingerprint density at radius 3 is 2.26 bits per heavy atom. The zero-order valence-electron chi connectivity index (χ0n) is 11.3. The highest BCUT2D eigenvalue weighted by molar-refractivity contribution is 5.83. The van der Waals surface area contributed by atoms with Crippen LogP contribution in [0.3, 0.4) is 0 Å². The van der Waals surface area contributed by atoms with Crippen LogP contribution >= 0.6 is 0 Å². The van der Waals surface area contributed by atoms with E-state index in [0.29, 0.717) is 11.7 Å². The van der Waals surface area contributed by atoms with Crippen LogP contribution in [-0.2, 0) is 9.59 Å². The summed E-state index contributed by atoms with van der Waals surface area (Å²) in [6, 6.07) is 6.40. The van der Waals surface area contributed by atoms with Crippen LogP contribution < -0.4 is 15.2 Å². The molecule has 0 saturated carbocycles. The predicted molar refractivity (Wildman–Crippen MR) is 68.6 cm³/mol. The molecule has 0 fully saturated rings. The number of rotatable bonds is 6. The highest BCUT2D eigenvalue weighted by Crippen LogP contribution is 2.18. The van der Waals surface area contributed by atoms with Crippen molar-refractivity contribution in [1.29, 1.82) is 0 Å². The molecule has 19 heavy (non-hydrogen) atoms. The van der Waals surface area contributed by atoms with Gasteiger partial charge in [0.2, 0.25) is 0 Å². The van der Waals surface area contributed by atoms with Gasteiger partial charge < -0.3 is 20.0 Å². The first-order chi connectivity index (χ1) is 8.90. The van der Waals surface area contributed by atoms with Gasteiger partial charge in [-0.1, -0.05) is 26.0 Å². The topological polar surface area (TPSA) is 78.5 Å². The molecule has 0 aromatic heterocycles. The normalized spacial score (nSPS) is 12.0. The van der Waals surface area contributed by atoms with Crippen LogP contribution in [0.15, 0.2) is 24.3 Å². The number of hydrogen-bond donors (Lipinski definition) is 1. The highest BCUT2D eigenvalue weighted by Gasteiger charge is 2.08. The number of ether oxygens (including phenoxy) is 1. The fourth-order valence-electron chi connectivity index (χ4n) is 1.44. The van der Waals surface area contributed by atoms with Gasteiger partial charge in [-0.2, -0.15) is 0 Å². The standard InChI is InChI=1S/C14H19NO4/c1-9(2)11-4-6-12(7-5-11)19-8-13(16)15-10(3)14(17)18/h4-7,9-10H,8H2,1-3H3,(H,15,16)(H,17,18)/p-1/t10-/m1/s1. The van der Waals surface area contributed by atoms with Gasteiger partial charge in [-0.15, -0.1) is 0 Å². The second-order valence-corrected chi connectivity index (χ2v) is 4.62. The van der Waals surface area contributed by atoms with Gasteiger partial charge >= 0.3 is 0 Å². The molecule has 0 heterocycles. The van der Waals surface area contributed by atoms with Gasteiger partial charge in [0.1, 0.15) is 5.75 Å². The second kappa shape index (κ2) is 6.78. The molecule has 1 atom stereocenters. The Bertz CT molecular complexity index is 439. The lowest BCUT2D eigenvalue weighted by Crippen LogP contribution is -2.47. The third-order valence-electron chi connectivity index (χ3n) is 2.65. The van der Waals surface area contributed by atoms with Crippen LogP contribution in [-0.4, -0.2) is 24.5 Å². The van der Waals surface area contributed by atoms with Crippen LogP contribution in [0.4, 0.5) is 0 Å². The molecule has 0 bridgehead atoms. The predicted octanol–water partition coefficient (Wildman–Crippen LogP) is 0.443. The van der Waals surface area contributed by atoms with Gasteiger partial charge in [0.15, 0.2) is 6.61 Å². The van der Waals surface area contributed by atoms with Crippen LogP contribution in [0, 0.1) is 0 Å². The molecule has 5 nitrogen and oxygen atoms in total. The minimum absolute atomic E-state index is 0.224. The fourth-order valence-corrected chi connectivity index (χ4v) is 1.44. The van der Waals surface area contributed by atoms with Crippen molar-refractivity contribution >= 4 is 11.9 Å². The minimum atomic E-state index is -1.32. The lowest BCUT2D eigenvalue weighted by molar-refractivity contribution is -0.307. The van der Waals surface area contributed by atoms with Gasteiger partial charge in [-0.05, 0) is 30.5 Å². The number of aliphatic carboxylic acids is 1. The maximum atomic E-state index is 11.4. The molecule has 0 aliphatic carbocycles. The van der Waals surface area contributed by atoms with Crippen LogP contribution in [0.5, 0.6) is 5.75 Å². The van der Waals surface area contributed by atoms with Crippen molar-refractivity contribution in [2.75, 3.05) is 6.61 Å². The number of amides is 1. The first-order valence-electron chi connectivity index (χ1n) is 6.13. The zero-order valence-corrected chi connectivity index (χ0v) is 11.3. The monoisotopic (exact) mass is 264 g/mol. The summed E-state index contributed by atoms with van der Waals surface area (Å²) in [6.07, 6.45) is 0. The molecule has 1 N–H and O–H groups in total. The number of benzene rings is 1. The van der Waals surface area contributed by atoms with E-state index in [9.17, 15) is 14.7 Å². The second-order valence-electron chi connectivity index (χ2n) is 4.62. The molecule has 1 aromatic rings. The summed E-state index contributed by atoms with van der Waals surface area (Å²) in [7, 11) is 0. The van der Waals surface area contributed by atoms with Crippen LogP contribution in [0.25, 0.3) is 0 Å². The average molecular weight is 264 g/mol. The van der Waals surface area contributed by atoms with E-state index in [-0.39, 0.29) is 6.61 Å². The Hall–Kier alpha value is -2.04. The van der Waals surface area contributed by atoms with Crippen molar-refractivity contribution in [3.63, 3.8) is 0 Å². The molecule has 0 spiro atoms.